The van der Waals surface area contributed by atoms with Crippen LogP contribution >= 0.6 is 0 Å². The van der Waals surface area contributed by atoms with Crippen molar-refractivity contribution in [2.75, 3.05) is 9.80 Å². The summed E-state index contributed by atoms with van der Waals surface area (Å²) in [7, 11) is 0. The summed E-state index contributed by atoms with van der Waals surface area (Å²) in [5.74, 6) is 0. The number of benzene rings is 10. The van der Waals surface area contributed by atoms with Gasteiger partial charge in [-0.25, -0.2) is 0 Å². The van der Waals surface area contributed by atoms with Crippen LogP contribution in [0.3, 0.4) is 0 Å². The van der Waals surface area contributed by atoms with Crippen LogP contribution in [0.1, 0.15) is 76.3 Å². The van der Waals surface area contributed by atoms with Crippen LogP contribution in [0.5, 0.6) is 0 Å². The summed E-state index contributed by atoms with van der Waals surface area (Å²) < 4.78 is 0. The van der Waals surface area contributed by atoms with Gasteiger partial charge in [0.2, 0.25) is 0 Å². The van der Waals surface area contributed by atoms with Crippen LogP contribution in [0.2, 0.25) is 0 Å². The highest BCUT2D eigenvalue weighted by Gasteiger charge is 2.46. The fourth-order valence-electron chi connectivity index (χ4n) is 12.8. The molecule has 0 amide bonds. The van der Waals surface area contributed by atoms with Crippen molar-refractivity contribution < 1.29 is 0 Å². The maximum atomic E-state index is 2.60. The highest BCUT2D eigenvalue weighted by Crippen LogP contribution is 2.54. The Morgan fingerprint density at radius 3 is 1.45 bits per heavy atom. The first-order chi connectivity index (χ1) is 35.4. The monoisotopic (exact) mass is 938 g/mol. The molecule has 1 aliphatic carbocycles. The molecule has 352 valence electrons. The molecule has 0 saturated carbocycles. The molecule has 3 heteroatoms. The third kappa shape index (κ3) is 7.08. The Labute approximate surface area is 432 Å². The summed E-state index contributed by atoms with van der Waals surface area (Å²) in [6.07, 6.45) is 0. The van der Waals surface area contributed by atoms with Gasteiger partial charge in [-0.05, 0) is 131 Å². The van der Waals surface area contributed by atoms with E-state index in [0.29, 0.717) is 0 Å². The first-order valence-corrected chi connectivity index (χ1v) is 26.0. The lowest BCUT2D eigenvalue weighted by molar-refractivity contribution is 0.522. The summed E-state index contributed by atoms with van der Waals surface area (Å²) in [4.78, 5) is 5.17. The van der Waals surface area contributed by atoms with E-state index in [1.54, 1.807) is 0 Å². The van der Waals surface area contributed by atoms with Gasteiger partial charge in [-0.1, -0.05) is 237 Å². The fraction of sp³-hybridized carbons (Fsp3) is 0.143. The van der Waals surface area contributed by atoms with Crippen molar-refractivity contribution in [2.45, 2.75) is 64.7 Å². The zero-order valence-corrected chi connectivity index (χ0v) is 42.9. The molecule has 0 radical (unpaired) electrons. The molecule has 3 aliphatic rings. The van der Waals surface area contributed by atoms with E-state index in [1.807, 2.05) is 0 Å². The lowest BCUT2D eigenvalue weighted by Gasteiger charge is -2.46. The van der Waals surface area contributed by atoms with Gasteiger partial charge in [-0.3, -0.25) is 0 Å². The predicted octanol–water partition coefficient (Wildman–Crippen LogP) is 16.7. The quantitative estimate of drug-likeness (QED) is 0.153. The maximum Gasteiger partial charge on any atom is 0.252 e. The molecule has 73 heavy (non-hydrogen) atoms. The van der Waals surface area contributed by atoms with Gasteiger partial charge in [0.1, 0.15) is 0 Å². The summed E-state index contributed by atoms with van der Waals surface area (Å²) in [6, 6.07) is 86.7. The Kier molecular flexibility index (Phi) is 10.3. The molecule has 2 aliphatic heterocycles. The Morgan fingerprint density at radius 1 is 0.342 bits per heavy atom. The van der Waals surface area contributed by atoms with Crippen molar-refractivity contribution >= 4 is 57.2 Å². The fourth-order valence-corrected chi connectivity index (χ4v) is 12.8. The van der Waals surface area contributed by atoms with Gasteiger partial charge >= 0.3 is 0 Å². The van der Waals surface area contributed by atoms with Crippen molar-refractivity contribution in [2.24, 2.45) is 0 Å². The Bertz CT molecular complexity index is 3770. The molecule has 0 atom stereocenters. The zero-order chi connectivity index (χ0) is 49.8. The number of hydrogen-bond acceptors (Lipinski definition) is 2. The second-order valence-electron chi connectivity index (χ2n) is 22.5. The van der Waals surface area contributed by atoms with Crippen molar-refractivity contribution in [3.63, 3.8) is 0 Å². The van der Waals surface area contributed by atoms with E-state index in [2.05, 4.69) is 289 Å². The Morgan fingerprint density at radius 2 is 0.808 bits per heavy atom. The number of nitrogens with zero attached hydrogens (tertiary/aromatic N) is 2. The third-order valence-corrected chi connectivity index (χ3v) is 16.4. The molecule has 2 heterocycles. The van der Waals surface area contributed by atoms with Gasteiger partial charge in [0.05, 0.1) is 5.69 Å². The minimum absolute atomic E-state index is 0.0858. The van der Waals surface area contributed by atoms with Gasteiger partial charge in [0, 0.05) is 44.8 Å². The first kappa shape index (κ1) is 44.8. The van der Waals surface area contributed by atoms with Crippen LogP contribution in [0, 0.1) is 0 Å². The predicted molar refractivity (Wildman–Crippen MR) is 312 cm³/mol. The Hall–Kier alpha value is -8.14. The molecule has 0 N–H and O–H groups in total. The van der Waals surface area contributed by atoms with Crippen LogP contribution in [0.15, 0.2) is 231 Å². The normalized spacial score (nSPS) is 14.6. The maximum absolute atomic E-state index is 2.60. The molecule has 0 spiro atoms. The highest BCUT2D eigenvalue weighted by molar-refractivity contribution is 7.00. The van der Waals surface area contributed by atoms with E-state index >= 15 is 0 Å². The van der Waals surface area contributed by atoms with E-state index < -0.39 is 0 Å². The number of anilines is 6. The topological polar surface area (TPSA) is 6.48 Å². The molecule has 13 rings (SSSR count). The molecule has 0 fully saturated rings. The second-order valence-corrected chi connectivity index (χ2v) is 22.5. The van der Waals surface area contributed by atoms with Gasteiger partial charge in [0.15, 0.2) is 0 Å². The van der Waals surface area contributed by atoms with E-state index in [-0.39, 0.29) is 23.0 Å². The van der Waals surface area contributed by atoms with Crippen molar-refractivity contribution in [3.8, 4) is 44.5 Å². The van der Waals surface area contributed by atoms with Gasteiger partial charge in [0.25, 0.3) is 6.71 Å². The molecular weight excluding hydrogens is 880 g/mol. The average Bonchev–Trinajstić information content (AvgIpc) is 3.43. The number of hydrogen-bond donors (Lipinski definition) is 0. The van der Waals surface area contributed by atoms with E-state index in [0.717, 1.165) is 11.4 Å². The highest BCUT2D eigenvalue weighted by atomic mass is 15.2. The molecule has 2 nitrogen and oxygen atoms in total. The molecule has 0 aromatic heterocycles. The molecule has 10 aromatic carbocycles. The Balaban J connectivity index is 1.12. The van der Waals surface area contributed by atoms with Crippen molar-refractivity contribution in [3.05, 3.63) is 258 Å². The third-order valence-electron chi connectivity index (χ3n) is 16.4. The molecular formula is C70H59BN2. The summed E-state index contributed by atoms with van der Waals surface area (Å²) in [5.41, 5.74) is 27.2. The zero-order valence-electron chi connectivity index (χ0n) is 42.9. The van der Waals surface area contributed by atoms with Crippen LogP contribution in [0.25, 0.3) is 44.5 Å². The van der Waals surface area contributed by atoms with E-state index in [9.17, 15) is 0 Å². The van der Waals surface area contributed by atoms with E-state index in [1.165, 1.54) is 111 Å². The summed E-state index contributed by atoms with van der Waals surface area (Å²) in [5, 5.41) is 0. The van der Waals surface area contributed by atoms with Crippen molar-refractivity contribution in [1.29, 1.82) is 0 Å². The van der Waals surface area contributed by atoms with Crippen LogP contribution in [-0.4, -0.2) is 6.71 Å². The SMILES string of the molecule is CC(C)(C)c1cc2c3c(c1)N(c1ccccc1-c1ccccc1)c1ccc(-c4ccccc4)cc1B3c1cc(-c3cccc4c3C(C)(C)c3ccccc3C4(C)C)ccc1N2c1ccc(-c2ccccc2)cc1. The average molecular weight is 939 g/mol. The first-order valence-electron chi connectivity index (χ1n) is 26.0. The minimum Gasteiger partial charge on any atom is -0.311 e. The van der Waals surface area contributed by atoms with E-state index in [4.69, 9.17) is 0 Å². The van der Waals surface area contributed by atoms with Gasteiger partial charge < -0.3 is 9.80 Å². The van der Waals surface area contributed by atoms with Gasteiger partial charge in [-0.15, -0.1) is 0 Å². The lowest BCUT2D eigenvalue weighted by atomic mass is 9.33. The molecule has 0 saturated heterocycles. The van der Waals surface area contributed by atoms with Crippen molar-refractivity contribution in [1.82, 2.24) is 0 Å². The van der Waals surface area contributed by atoms with Gasteiger partial charge in [-0.2, -0.15) is 0 Å². The summed E-state index contributed by atoms with van der Waals surface area (Å²) >= 11 is 0. The van der Waals surface area contributed by atoms with Crippen LogP contribution in [0.4, 0.5) is 34.1 Å². The standard InChI is InChI=1S/C70H59BN2/c1-68(2,3)52-44-64-67-65(45-52)73(61-33-20-17-28-54(61)49-26-15-10-16-27-49)63-40-36-50(47-24-13-9-14-25-47)42-59(63)71(67)60-43-51(37-41-62(60)72(64)53-38-34-48(35-39-53)46-22-11-8-12-23-46)55-29-21-32-58-66(55)70(6,7)57-31-19-18-30-56(57)69(58,4)5/h8-45H,1-7H3. The molecule has 0 bridgehead atoms. The molecule has 0 unspecified atom stereocenters. The second kappa shape index (κ2) is 16.7. The lowest BCUT2D eigenvalue weighted by Crippen LogP contribution is -2.61. The number of rotatable bonds is 6. The minimum atomic E-state index is -0.224. The van der Waals surface area contributed by atoms with Crippen LogP contribution < -0.4 is 26.2 Å². The number of fused-ring (bicyclic) bond motifs is 6. The summed E-state index contributed by atoms with van der Waals surface area (Å²) in [6.45, 7) is 16.7. The number of para-hydroxylation sites is 1. The van der Waals surface area contributed by atoms with Crippen LogP contribution in [-0.2, 0) is 16.2 Å². The largest absolute Gasteiger partial charge is 0.311 e. The molecule has 10 aromatic rings. The smallest absolute Gasteiger partial charge is 0.252 e.